The van der Waals surface area contributed by atoms with Crippen molar-refractivity contribution in [2.24, 2.45) is 18.7 Å². The average molecular weight is 449 g/mol. The molecule has 2 aromatic rings. The van der Waals surface area contributed by atoms with Gasteiger partial charge in [-0.25, -0.2) is 13.2 Å². The second kappa shape index (κ2) is 7.29. The van der Waals surface area contributed by atoms with Gasteiger partial charge in [-0.2, -0.15) is 18.3 Å². The van der Waals surface area contributed by atoms with Gasteiger partial charge in [-0.05, 0) is 32.6 Å². The van der Waals surface area contributed by atoms with Crippen molar-refractivity contribution in [1.82, 2.24) is 19.8 Å². The lowest BCUT2D eigenvalue weighted by Crippen LogP contribution is -2.50. The third-order valence-electron chi connectivity index (χ3n) is 5.71. The summed E-state index contributed by atoms with van der Waals surface area (Å²) in [4.78, 5) is 12.3. The van der Waals surface area contributed by atoms with E-state index in [1.54, 1.807) is 0 Å². The average Bonchev–Trinajstić information content (AvgIpc) is 3.30. The Kier molecular flexibility index (Phi) is 5.37. The van der Waals surface area contributed by atoms with Crippen molar-refractivity contribution in [3.8, 4) is 0 Å². The van der Waals surface area contributed by atoms with Crippen LogP contribution in [0, 0.1) is 5.92 Å². The summed E-state index contributed by atoms with van der Waals surface area (Å²) in [6.45, 7) is 2.91. The Morgan fingerprint density at radius 1 is 1.33 bits per heavy atom. The van der Waals surface area contributed by atoms with E-state index < -0.39 is 49.3 Å². The third kappa shape index (κ3) is 3.66. The first-order valence-electron chi connectivity index (χ1n) is 9.08. The lowest BCUT2D eigenvalue weighted by Gasteiger charge is -2.43. The molecule has 0 spiro atoms. The van der Waals surface area contributed by atoms with E-state index >= 15 is 0 Å². The molecule has 1 aliphatic rings. The number of piperidine rings is 1. The van der Waals surface area contributed by atoms with Crippen molar-refractivity contribution in [1.29, 1.82) is 0 Å². The molecule has 1 aliphatic heterocycles. The first kappa shape index (κ1) is 22.1. The molecule has 166 valence electrons. The zero-order valence-electron chi connectivity index (χ0n) is 16.5. The number of nitrogens with zero attached hydrogens (tertiary/aromatic N) is 4. The lowest BCUT2D eigenvalue weighted by atomic mass is 9.81. The van der Waals surface area contributed by atoms with Crippen molar-refractivity contribution < 1.29 is 30.9 Å². The molecule has 3 heterocycles. The fourth-order valence-corrected chi connectivity index (χ4v) is 5.82. The smallest absolute Gasteiger partial charge is 0.364 e. The number of hydrogen-bond donors (Lipinski definition) is 1. The summed E-state index contributed by atoms with van der Waals surface area (Å²) in [6, 6.07) is 0.187. The highest BCUT2D eigenvalue weighted by Gasteiger charge is 2.51. The van der Waals surface area contributed by atoms with Crippen LogP contribution in [0.4, 0.5) is 18.0 Å². The Bertz CT molecular complexity index is 1030. The maximum absolute atomic E-state index is 13.4. The number of primary amides is 1. The van der Waals surface area contributed by atoms with Crippen molar-refractivity contribution in [3.63, 3.8) is 0 Å². The zero-order chi connectivity index (χ0) is 22.5. The van der Waals surface area contributed by atoms with Gasteiger partial charge in [0.15, 0.2) is 15.5 Å². The number of carbonyl (C=O) groups excluding carboxylic acids is 1. The molecule has 2 amide bonds. The van der Waals surface area contributed by atoms with Gasteiger partial charge in [0.1, 0.15) is 16.9 Å². The number of urea groups is 1. The second-order valence-corrected chi connectivity index (χ2v) is 10.3. The van der Waals surface area contributed by atoms with Crippen LogP contribution in [-0.2, 0) is 23.1 Å². The summed E-state index contributed by atoms with van der Waals surface area (Å²) in [5.74, 6) is -0.582. The molecule has 0 aliphatic carbocycles. The SMILES string of the molecule is Cn1cc(S(=O)(=O)C(C)(C)C2CCN(C(N)=O)C(c3ccon3)C2)c(C(F)(F)F)n1. The van der Waals surface area contributed by atoms with Crippen molar-refractivity contribution in [3.05, 3.63) is 29.9 Å². The molecular weight excluding hydrogens is 427 g/mol. The molecule has 0 saturated carbocycles. The number of hydrogen-bond acceptors (Lipinski definition) is 6. The maximum atomic E-state index is 13.4. The third-order valence-corrected chi connectivity index (χ3v) is 8.31. The highest BCUT2D eigenvalue weighted by molar-refractivity contribution is 7.92. The Balaban J connectivity index is 2.00. The van der Waals surface area contributed by atoms with E-state index in [9.17, 15) is 26.4 Å². The highest BCUT2D eigenvalue weighted by atomic mass is 32.2. The van der Waals surface area contributed by atoms with Crippen LogP contribution in [0.1, 0.15) is 44.1 Å². The fraction of sp³-hybridized carbons (Fsp3) is 0.588. The molecule has 2 aromatic heterocycles. The van der Waals surface area contributed by atoms with Crippen molar-refractivity contribution in [2.45, 2.75) is 48.5 Å². The first-order valence-corrected chi connectivity index (χ1v) is 10.6. The van der Waals surface area contributed by atoms with Gasteiger partial charge in [-0.3, -0.25) is 4.68 Å². The second-order valence-electron chi connectivity index (χ2n) is 7.81. The number of rotatable bonds is 4. The molecule has 0 bridgehead atoms. The van der Waals surface area contributed by atoms with Crippen LogP contribution < -0.4 is 5.73 Å². The Labute approximate surface area is 170 Å². The minimum Gasteiger partial charge on any atom is -0.364 e. The summed E-state index contributed by atoms with van der Waals surface area (Å²) >= 11 is 0. The van der Waals surface area contributed by atoms with Crippen molar-refractivity contribution >= 4 is 15.9 Å². The van der Waals surface area contributed by atoms with Crippen molar-refractivity contribution in [2.75, 3.05) is 6.54 Å². The molecule has 1 fully saturated rings. The van der Waals surface area contributed by atoms with Crippen LogP contribution in [0.5, 0.6) is 0 Å². The first-order chi connectivity index (χ1) is 13.8. The van der Waals surface area contributed by atoms with Gasteiger partial charge in [0, 0.05) is 25.9 Å². The molecule has 13 heteroatoms. The summed E-state index contributed by atoms with van der Waals surface area (Å²) in [6.07, 6.45) is -2.36. The summed E-state index contributed by atoms with van der Waals surface area (Å²) in [5, 5.41) is 7.14. The van der Waals surface area contributed by atoms with E-state index in [0.717, 1.165) is 10.9 Å². The molecule has 1 saturated heterocycles. The molecule has 0 aromatic carbocycles. The van der Waals surface area contributed by atoms with Gasteiger partial charge in [-0.15, -0.1) is 0 Å². The molecule has 2 N–H and O–H groups in total. The molecule has 2 atom stereocenters. The number of aromatic nitrogens is 3. The highest BCUT2D eigenvalue weighted by Crippen LogP contribution is 2.45. The molecule has 2 unspecified atom stereocenters. The van der Waals surface area contributed by atoms with Crippen LogP contribution in [-0.4, -0.2) is 45.6 Å². The van der Waals surface area contributed by atoms with Gasteiger partial charge in [0.05, 0.1) is 10.8 Å². The number of sulfone groups is 1. The normalized spacial score (nSPS) is 21.1. The van der Waals surface area contributed by atoms with Crippen LogP contribution >= 0.6 is 0 Å². The van der Waals surface area contributed by atoms with Gasteiger partial charge >= 0.3 is 12.2 Å². The van der Waals surface area contributed by atoms with E-state index in [1.807, 2.05) is 0 Å². The van der Waals surface area contributed by atoms with E-state index in [0.29, 0.717) is 5.69 Å². The minimum atomic E-state index is -4.92. The van der Waals surface area contributed by atoms with Gasteiger partial charge in [-0.1, -0.05) is 5.16 Å². The summed E-state index contributed by atoms with van der Waals surface area (Å²) < 4.78 is 71.0. The van der Waals surface area contributed by atoms with Crippen LogP contribution in [0.3, 0.4) is 0 Å². The number of aryl methyl sites for hydroxylation is 1. The Morgan fingerprint density at radius 2 is 2.00 bits per heavy atom. The molecule has 30 heavy (non-hydrogen) atoms. The number of amides is 2. The van der Waals surface area contributed by atoms with Crippen LogP contribution in [0.25, 0.3) is 0 Å². The van der Waals surface area contributed by atoms with Gasteiger partial charge in [0.2, 0.25) is 0 Å². The Morgan fingerprint density at radius 3 is 2.53 bits per heavy atom. The van der Waals surface area contributed by atoms with Gasteiger partial charge in [0.25, 0.3) is 0 Å². The number of halogens is 3. The van der Waals surface area contributed by atoms with E-state index in [4.69, 9.17) is 10.3 Å². The summed E-state index contributed by atoms with van der Waals surface area (Å²) in [7, 11) is -3.21. The number of alkyl halides is 3. The summed E-state index contributed by atoms with van der Waals surface area (Å²) in [5.41, 5.74) is 4.39. The molecular formula is C17H22F3N5O4S. The zero-order valence-corrected chi connectivity index (χ0v) is 17.4. The maximum Gasteiger partial charge on any atom is 0.436 e. The largest absolute Gasteiger partial charge is 0.436 e. The van der Waals surface area contributed by atoms with E-state index in [2.05, 4.69) is 10.3 Å². The molecule has 3 rings (SSSR count). The molecule has 9 nitrogen and oxygen atoms in total. The topological polar surface area (TPSA) is 124 Å². The fourth-order valence-electron chi connectivity index (χ4n) is 3.90. The quantitative estimate of drug-likeness (QED) is 0.765. The van der Waals surface area contributed by atoms with Gasteiger partial charge < -0.3 is 15.2 Å². The number of likely N-dealkylation sites (tertiary alicyclic amines) is 1. The van der Waals surface area contributed by atoms with Crippen LogP contribution in [0.2, 0.25) is 0 Å². The Hall–Kier alpha value is -2.57. The lowest BCUT2D eigenvalue weighted by molar-refractivity contribution is -0.143. The van der Waals surface area contributed by atoms with E-state index in [1.165, 1.54) is 38.1 Å². The standard InChI is InChI=1S/C17H22F3N5O4S/c1-16(2,30(27,28)13-9-24(3)22-14(13)17(18,19)20)10-4-6-25(15(21)26)12(8-10)11-5-7-29-23-11/h5,7,9-10,12H,4,6,8H2,1-3H3,(H2,21,26). The predicted octanol–water partition coefficient (Wildman–Crippen LogP) is 2.51. The number of carbonyl (C=O) groups is 1. The monoisotopic (exact) mass is 449 g/mol. The van der Waals surface area contributed by atoms with E-state index in [-0.39, 0.29) is 19.4 Å². The minimum absolute atomic E-state index is 0.135. The van der Waals surface area contributed by atoms with Crippen LogP contribution in [0.15, 0.2) is 27.9 Å². The number of nitrogens with two attached hydrogens (primary N) is 1. The molecule has 0 radical (unpaired) electrons. The predicted molar refractivity (Wildman–Crippen MR) is 97.7 cm³/mol.